The molecule has 0 fully saturated rings. The largest absolute Gasteiger partial charge is 0.303 e. The Kier molecular flexibility index (Phi) is 5.10. The van der Waals surface area contributed by atoms with Crippen LogP contribution in [0.25, 0.3) is 0 Å². The van der Waals surface area contributed by atoms with Gasteiger partial charge >= 0.3 is 0 Å². The van der Waals surface area contributed by atoms with Gasteiger partial charge in [-0.2, -0.15) is 0 Å². The van der Waals surface area contributed by atoms with Crippen molar-refractivity contribution < 1.29 is 0 Å². The summed E-state index contributed by atoms with van der Waals surface area (Å²) >= 11 is 0. The molecule has 0 aliphatic rings. The quantitative estimate of drug-likeness (QED) is 0.832. The molecular weight excluding hydrogens is 232 g/mol. The zero-order chi connectivity index (χ0) is 13.5. The second kappa shape index (κ2) is 7.05. The van der Waals surface area contributed by atoms with Gasteiger partial charge in [0.15, 0.2) is 0 Å². The molecule has 0 amide bonds. The van der Waals surface area contributed by atoms with E-state index in [1.165, 1.54) is 17.5 Å². The topological polar surface area (TPSA) is 24.9 Å². The van der Waals surface area contributed by atoms with Crippen molar-refractivity contribution in [3.63, 3.8) is 0 Å². The van der Waals surface area contributed by atoms with E-state index < -0.39 is 0 Å². The van der Waals surface area contributed by atoms with Gasteiger partial charge in [-0.1, -0.05) is 49.7 Å². The third-order valence-electron chi connectivity index (χ3n) is 3.41. The molecular formula is C17H22N2. The molecule has 0 radical (unpaired) electrons. The van der Waals surface area contributed by atoms with Crippen LogP contribution in [0.2, 0.25) is 0 Å². The minimum Gasteiger partial charge on any atom is -0.303 e. The Morgan fingerprint density at radius 3 is 2.42 bits per heavy atom. The highest BCUT2D eigenvalue weighted by atomic mass is 14.9. The van der Waals surface area contributed by atoms with Crippen molar-refractivity contribution in [1.29, 1.82) is 0 Å². The molecule has 2 aromatic rings. The van der Waals surface area contributed by atoms with Gasteiger partial charge in [-0.3, -0.25) is 4.98 Å². The van der Waals surface area contributed by atoms with Crippen LogP contribution in [-0.4, -0.2) is 4.98 Å². The monoisotopic (exact) mass is 254 g/mol. The van der Waals surface area contributed by atoms with Crippen LogP contribution in [0.3, 0.4) is 0 Å². The van der Waals surface area contributed by atoms with Gasteiger partial charge in [0, 0.05) is 24.5 Å². The number of hydrogen-bond donors (Lipinski definition) is 1. The van der Waals surface area contributed by atoms with E-state index >= 15 is 0 Å². The number of benzene rings is 1. The van der Waals surface area contributed by atoms with E-state index in [1.54, 1.807) is 0 Å². The minimum atomic E-state index is 0.311. The molecule has 0 aliphatic carbocycles. The molecule has 0 saturated carbocycles. The van der Waals surface area contributed by atoms with Crippen LogP contribution in [0, 0.1) is 0 Å². The first-order valence-electron chi connectivity index (χ1n) is 7.02. The van der Waals surface area contributed by atoms with Crippen LogP contribution in [0.1, 0.15) is 49.9 Å². The highest BCUT2D eigenvalue weighted by Crippen LogP contribution is 2.22. The standard InChI is InChI=1S/C17H22N2/c1-3-8-17(15-9-5-4-6-10-15)19-14(2)16-11-7-12-18-13-16/h4-7,9-14,17,19H,3,8H2,1-2H3/t14-,17?/m0/s1. The fourth-order valence-corrected chi connectivity index (χ4v) is 2.35. The van der Waals surface area contributed by atoms with E-state index in [0.29, 0.717) is 12.1 Å². The number of hydrogen-bond acceptors (Lipinski definition) is 2. The Morgan fingerprint density at radius 1 is 1.05 bits per heavy atom. The lowest BCUT2D eigenvalue weighted by Crippen LogP contribution is -2.24. The molecule has 0 spiro atoms. The van der Waals surface area contributed by atoms with E-state index in [4.69, 9.17) is 0 Å². The Morgan fingerprint density at radius 2 is 1.79 bits per heavy atom. The van der Waals surface area contributed by atoms with Crippen molar-refractivity contribution in [2.45, 2.75) is 38.8 Å². The second-order valence-electron chi connectivity index (χ2n) is 4.93. The lowest BCUT2D eigenvalue weighted by atomic mass is 10.0. The molecule has 1 unspecified atom stereocenters. The Bertz CT molecular complexity index is 467. The zero-order valence-electron chi connectivity index (χ0n) is 11.7. The van der Waals surface area contributed by atoms with Crippen molar-refractivity contribution in [2.24, 2.45) is 0 Å². The van der Waals surface area contributed by atoms with Crippen LogP contribution in [0.4, 0.5) is 0 Å². The van der Waals surface area contributed by atoms with Crippen molar-refractivity contribution in [2.75, 3.05) is 0 Å². The number of nitrogens with zero attached hydrogens (tertiary/aromatic N) is 1. The highest BCUT2D eigenvalue weighted by molar-refractivity contribution is 5.20. The molecule has 0 saturated heterocycles. The summed E-state index contributed by atoms with van der Waals surface area (Å²) < 4.78 is 0. The van der Waals surface area contributed by atoms with Crippen molar-refractivity contribution in [3.8, 4) is 0 Å². The van der Waals surface area contributed by atoms with Gasteiger partial charge in [-0.05, 0) is 30.5 Å². The summed E-state index contributed by atoms with van der Waals surface area (Å²) in [6.45, 7) is 4.43. The number of nitrogens with one attached hydrogen (secondary N) is 1. The van der Waals surface area contributed by atoms with Gasteiger partial charge in [-0.25, -0.2) is 0 Å². The molecule has 2 atom stereocenters. The molecule has 0 aliphatic heterocycles. The van der Waals surface area contributed by atoms with Gasteiger partial charge in [0.25, 0.3) is 0 Å². The molecule has 1 heterocycles. The maximum absolute atomic E-state index is 4.19. The molecule has 1 aromatic carbocycles. The summed E-state index contributed by atoms with van der Waals surface area (Å²) in [6.07, 6.45) is 6.07. The lowest BCUT2D eigenvalue weighted by Gasteiger charge is -2.23. The first-order chi connectivity index (χ1) is 9.31. The van der Waals surface area contributed by atoms with E-state index in [9.17, 15) is 0 Å². The molecule has 1 N–H and O–H groups in total. The van der Waals surface area contributed by atoms with Gasteiger partial charge in [0.1, 0.15) is 0 Å². The normalized spacial score (nSPS) is 14.0. The fraction of sp³-hybridized carbons (Fsp3) is 0.353. The average Bonchev–Trinajstić information content (AvgIpc) is 2.48. The smallest absolute Gasteiger partial charge is 0.0325 e. The third-order valence-corrected chi connectivity index (χ3v) is 3.41. The zero-order valence-corrected chi connectivity index (χ0v) is 11.7. The SMILES string of the molecule is CCCC(N[C@@H](C)c1cccnc1)c1ccccc1. The van der Waals surface area contributed by atoms with Gasteiger partial charge in [-0.15, -0.1) is 0 Å². The summed E-state index contributed by atoms with van der Waals surface area (Å²) in [5, 5.41) is 3.71. The Hall–Kier alpha value is -1.67. The Balaban J connectivity index is 2.09. The maximum Gasteiger partial charge on any atom is 0.0325 e. The summed E-state index contributed by atoms with van der Waals surface area (Å²) in [5.74, 6) is 0. The van der Waals surface area contributed by atoms with Gasteiger partial charge in [0.05, 0.1) is 0 Å². The second-order valence-corrected chi connectivity index (χ2v) is 4.93. The fourth-order valence-electron chi connectivity index (χ4n) is 2.35. The van der Waals surface area contributed by atoms with Crippen LogP contribution >= 0.6 is 0 Å². The first-order valence-corrected chi connectivity index (χ1v) is 7.02. The Labute approximate surface area is 115 Å². The number of aromatic nitrogens is 1. The average molecular weight is 254 g/mol. The predicted molar refractivity (Wildman–Crippen MR) is 79.9 cm³/mol. The maximum atomic E-state index is 4.19. The van der Waals surface area contributed by atoms with E-state index in [2.05, 4.69) is 60.5 Å². The van der Waals surface area contributed by atoms with Gasteiger partial charge in [0.2, 0.25) is 0 Å². The third kappa shape index (κ3) is 3.90. The van der Waals surface area contributed by atoms with E-state index in [1.807, 2.05) is 18.5 Å². The van der Waals surface area contributed by atoms with Crippen LogP contribution in [0.15, 0.2) is 54.9 Å². The van der Waals surface area contributed by atoms with Crippen molar-refractivity contribution in [3.05, 3.63) is 66.0 Å². The molecule has 100 valence electrons. The predicted octanol–water partition coefficient (Wildman–Crippen LogP) is 4.27. The molecule has 2 heteroatoms. The molecule has 19 heavy (non-hydrogen) atoms. The summed E-state index contributed by atoms with van der Waals surface area (Å²) in [4.78, 5) is 4.19. The molecule has 2 rings (SSSR count). The van der Waals surface area contributed by atoms with E-state index in [0.717, 1.165) is 6.42 Å². The van der Waals surface area contributed by atoms with Crippen LogP contribution in [0.5, 0.6) is 0 Å². The molecule has 1 aromatic heterocycles. The molecule has 2 nitrogen and oxygen atoms in total. The first kappa shape index (κ1) is 13.8. The summed E-state index contributed by atoms with van der Waals surface area (Å²) in [7, 11) is 0. The number of rotatable bonds is 6. The highest BCUT2D eigenvalue weighted by Gasteiger charge is 2.14. The minimum absolute atomic E-state index is 0.311. The van der Waals surface area contributed by atoms with Crippen molar-refractivity contribution in [1.82, 2.24) is 10.3 Å². The van der Waals surface area contributed by atoms with Crippen molar-refractivity contribution >= 4 is 0 Å². The lowest BCUT2D eigenvalue weighted by molar-refractivity contribution is 0.439. The van der Waals surface area contributed by atoms with E-state index in [-0.39, 0.29) is 0 Å². The summed E-state index contributed by atoms with van der Waals surface area (Å²) in [5.41, 5.74) is 2.60. The van der Waals surface area contributed by atoms with Gasteiger partial charge < -0.3 is 5.32 Å². The number of pyridine rings is 1. The van der Waals surface area contributed by atoms with Crippen LogP contribution in [-0.2, 0) is 0 Å². The van der Waals surface area contributed by atoms with Crippen LogP contribution < -0.4 is 5.32 Å². The summed E-state index contributed by atoms with van der Waals surface area (Å²) in [6, 6.07) is 15.5. The molecule has 0 bridgehead atoms.